The number of hydrogen-bond donors (Lipinski definition) is 1. The molecule has 2 aromatic rings. The van der Waals surface area contributed by atoms with Gasteiger partial charge in [0.05, 0.1) is 17.1 Å². The van der Waals surface area contributed by atoms with Crippen molar-refractivity contribution in [3.05, 3.63) is 30.1 Å². The number of carbonyl (C=O) groups excluding carboxylic acids is 1. The molecule has 4 rings (SSSR count). The van der Waals surface area contributed by atoms with E-state index in [4.69, 9.17) is 4.74 Å². The number of aromatic nitrogens is 2. The van der Waals surface area contributed by atoms with Crippen molar-refractivity contribution in [2.45, 2.75) is 31.8 Å². The van der Waals surface area contributed by atoms with E-state index in [2.05, 4.69) is 9.97 Å². The zero-order valence-electron chi connectivity index (χ0n) is 13.5. The van der Waals surface area contributed by atoms with Crippen LogP contribution < -0.4 is 0 Å². The Labute approximate surface area is 136 Å². The third kappa shape index (κ3) is 2.85. The summed E-state index contributed by atoms with van der Waals surface area (Å²) in [5.74, 6) is 2.43. The summed E-state index contributed by atoms with van der Waals surface area (Å²) in [5.41, 5.74) is 2.01. The number of carbonyl (C=O) groups is 1. The van der Waals surface area contributed by atoms with E-state index in [0.29, 0.717) is 30.8 Å². The van der Waals surface area contributed by atoms with Crippen molar-refractivity contribution in [2.75, 3.05) is 20.2 Å². The molecule has 1 aromatic heterocycles. The maximum atomic E-state index is 12.5. The van der Waals surface area contributed by atoms with Crippen LogP contribution in [-0.4, -0.2) is 47.1 Å². The van der Waals surface area contributed by atoms with Gasteiger partial charge in [-0.15, -0.1) is 0 Å². The van der Waals surface area contributed by atoms with Crippen LogP contribution in [0.25, 0.3) is 11.0 Å². The largest absolute Gasteiger partial charge is 0.381 e. The number of aryl methyl sites for hydroxylation is 1. The highest BCUT2D eigenvalue weighted by Gasteiger charge is 2.42. The first-order valence-electron chi connectivity index (χ1n) is 8.47. The highest BCUT2D eigenvalue weighted by molar-refractivity contribution is 5.77. The van der Waals surface area contributed by atoms with Crippen LogP contribution in [0.1, 0.15) is 25.1 Å². The van der Waals surface area contributed by atoms with Crippen molar-refractivity contribution in [1.29, 1.82) is 0 Å². The van der Waals surface area contributed by atoms with E-state index in [1.54, 1.807) is 7.11 Å². The molecular weight excluding hydrogens is 290 g/mol. The summed E-state index contributed by atoms with van der Waals surface area (Å²) < 4.78 is 5.46. The van der Waals surface area contributed by atoms with Gasteiger partial charge in [0.25, 0.3) is 0 Å². The fourth-order valence-electron chi connectivity index (χ4n) is 4.15. The standard InChI is InChI=1S/C18H23N3O2/c1-23-14-8-12-10-21(11-13(12)9-14)18(22)7-6-17-19-15-4-2-3-5-16(15)20-17/h2-5,12-14H,6-11H2,1H3,(H,19,20)/t12-,13+,14?. The second-order valence-corrected chi connectivity index (χ2v) is 6.85. The molecule has 1 amide bonds. The quantitative estimate of drug-likeness (QED) is 0.943. The molecule has 2 heterocycles. The van der Waals surface area contributed by atoms with Gasteiger partial charge < -0.3 is 14.6 Å². The van der Waals surface area contributed by atoms with Gasteiger partial charge in [-0.25, -0.2) is 4.98 Å². The third-order valence-electron chi connectivity index (χ3n) is 5.41. The number of imidazole rings is 1. The van der Waals surface area contributed by atoms with Crippen molar-refractivity contribution in [2.24, 2.45) is 11.8 Å². The molecule has 1 N–H and O–H groups in total. The van der Waals surface area contributed by atoms with Crippen LogP contribution >= 0.6 is 0 Å². The minimum absolute atomic E-state index is 0.258. The number of nitrogens with zero attached hydrogens (tertiary/aromatic N) is 2. The number of rotatable bonds is 4. The Morgan fingerprint density at radius 3 is 2.74 bits per heavy atom. The van der Waals surface area contributed by atoms with Crippen molar-refractivity contribution in [1.82, 2.24) is 14.9 Å². The Bertz CT molecular complexity index is 664. The van der Waals surface area contributed by atoms with E-state index in [1.807, 2.05) is 29.2 Å². The molecule has 1 unspecified atom stereocenters. The average molecular weight is 313 g/mol. The highest BCUT2D eigenvalue weighted by atomic mass is 16.5. The fraction of sp³-hybridized carbons (Fsp3) is 0.556. The van der Waals surface area contributed by atoms with Crippen molar-refractivity contribution in [3.8, 4) is 0 Å². The summed E-state index contributed by atoms with van der Waals surface area (Å²) in [4.78, 5) is 22.4. The van der Waals surface area contributed by atoms with Crippen LogP contribution in [0.2, 0.25) is 0 Å². The first-order chi connectivity index (χ1) is 11.2. The molecule has 2 fully saturated rings. The number of hydrogen-bond acceptors (Lipinski definition) is 3. The molecule has 23 heavy (non-hydrogen) atoms. The number of likely N-dealkylation sites (tertiary alicyclic amines) is 1. The van der Waals surface area contributed by atoms with Gasteiger partial charge in [0.2, 0.25) is 5.91 Å². The molecule has 5 nitrogen and oxygen atoms in total. The lowest BCUT2D eigenvalue weighted by molar-refractivity contribution is -0.130. The minimum Gasteiger partial charge on any atom is -0.381 e. The average Bonchev–Trinajstić information content (AvgIpc) is 3.23. The molecule has 2 aliphatic rings. The molecule has 1 saturated heterocycles. The number of H-pyrrole nitrogens is 1. The first-order valence-corrected chi connectivity index (χ1v) is 8.47. The summed E-state index contributed by atoms with van der Waals surface area (Å²) in [7, 11) is 1.79. The summed E-state index contributed by atoms with van der Waals surface area (Å²) in [6.07, 6.45) is 3.83. The second kappa shape index (κ2) is 5.96. The van der Waals surface area contributed by atoms with E-state index < -0.39 is 0 Å². The lowest BCUT2D eigenvalue weighted by atomic mass is 10.0. The molecule has 122 valence electrons. The van der Waals surface area contributed by atoms with Gasteiger partial charge in [0, 0.05) is 33.0 Å². The molecule has 1 saturated carbocycles. The Hall–Kier alpha value is -1.88. The van der Waals surface area contributed by atoms with Crippen LogP contribution in [0.5, 0.6) is 0 Å². The molecule has 0 radical (unpaired) electrons. The van der Waals surface area contributed by atoms with Crippen LogP contribution in [0.15, 0.2) is 24.3 Å². The highest BCUT2D eigenvalue weighted by Crippen LogP contribution is 2.39. The van der Waals surface area contributed by atoms with E-state index in [-0.39, 0.29) is 5.91 Å². The minimum atomic E-state index is 0.258. The SMILES string of the molecule is COC1C[C@@H]2CN(C(=O)CCc3nc4ccccc4[nH]3)C[C@@H]2C1. The Kier molecular flexibility index (Phi) is 3.81. The number of ether oxygens (including phenoxy) is 1. The molecule has 0 spiro atoms. The van der Waals surface area contributed by atoms with Crippen LogP contribution in [0, 0.1) is 11.8 Å². The van der Waals surface area contributed by atoms with Crippen LogP contribution in [0.4, 0.5) is 0 Å². The predicted octanol–water partition coefficient (Wildman–Crippen LogP) is 2.38. The monoisotopic (exact) mass is 313 g/mol. The predicted molar refractivity (Wildman–Crippen MR) is 88.0 cm³/mol. The Morgan fingerprint density at radius 2 is 2.04 bits per heavy atom. The molecule has 1 aromatic carbocycles. The van der Waals surface area contributed by atoms with Crippen molar-refractivity contribution < 1.29 is 9.53 Å². The molecule has 5 heteroatoms. The number of nitrogens with one attached hydrogen (secondary N) is 1. The molecule has 0 bridgehead atoms. The van der Waals surface area contributed by atoms with Gasteiger partial charge in [-0.3, -0.25) is 4.79 Å². The Morgan fingerprint density at radius 1 is 1.30 bits per heavy atom. The topological polar surface area (TPSA) is 58.2 Å². The maximum absolute atomic E-state index is 12.5. The smallest absolute Gasteiger partial charge is 0.223 e. The summed E-state index contributed by atoms with van der Waals surface area (Å²) in [6.45, 7) is 1.81. The zero-order chi connectivity index (χ0) is 15.8. The van der Waals surface area contributed by atoms with Crippen molar-refractivity contribution >= 4 is 16.9 Å². The van der Waals surface area contributed by atoms with Gasteiger partial charge in [0.1, 0.15) is 5.82 Å². The number of methoxy groups -OCH3 is 1. The van der Waals surface area contributed by atoms with Gasteiger partial charge in [-0.1, -0.05) is 12.1 Å². The second-order valence-electron chi connectivity index (χ2n) is 6.85. The van der Waals surface area contributed by atoms with E-state index in [1.165, 1.54) is 0 Å². The Balaban J connectivity index is 1.32. The molecule has 3 atom stereocenters. The van der Waals surface area contributed by atoms with E-state index in [0.717, 1.165) is 42.8 Å². The van der Waals surface area contributed by atoms with Gasteiger partial charge in [-0.05, 0) is 36.8 Å². The summed E-state index contributed by atoms with van der Waals surface area (Å²) >= 11 is 0. The number of fused-ring (bicyclic) bond motifs is 2. The van der Waals surface area contributed by atoms with E-state index >= 15 is 0 Å². The molecule has 1 aliphatic carbocycles. The van der Waals surface area contributed by atoms with E-state index in [9.17, 15) is 4.79 Å². The molecule has 1 aliphatic heterocycles. The van der Waals surface area contributed by atoms with Gasteiger partial charge in [0.15, 0.2) is 0 Å². The number of benzene rings is 1. The summed E-state index contributed by atoms with van der Waals surface area (Å²) in [5, 5.41) is 0. The lowest BCUT2D eigenvalue weighted by Crippen LogP contribution is -2.30. The maximum Gasteiger partial charge on any atom is 0.223 e. The summed E-state index contributed by atoms with van der Waals surface area (Å²) in [6, 6.07) is 7.98. The van der Waals surface area contributed by atoms with Gasteiger partial charge >= 0.3 is 0 Å². The van der Waals surface area contributed by atoms with Crippen molar-refractivity contribution in [3.63, 3.8) is 0 Å². The number of aromatic amines is 1. The lowest BCUT2D eigenvalue weighted by Gasteiger charge is -2.18. The van der Waals surface area contributed by atoms with Gasteiger partial charge in [-0.2, -0.15) is 0 Å². The van der Waals surface area contributed by atoms with Crippen LogP contribution in [0.3, 0.4) is 0 Å². The number of para-hydroxylation sites is 2. The first kappa shape index (κ1) is 14.7. The zero-order valence-corrected chi connectivity index (χ0v) is 13.5. The molecular formula is C18H23N3O2. The number of amides is 1. The third-order valence-corrected chi connectivity index (χ3v) is 5.41. The van der Waals surface area contributed by atoms with Crippen LogP contribution in [-0.2, 0) is 16.0 Å². The normalized spacial score (nSPS) is 26.8. The fourth-order valence-corrected chi connectivity index (χ4v) is 4.15.